The zero-order valence-corrected chi connectivity index (χ0v) is 14.9. The molecule has 4 atom stereocenters. The molecule has 0 amide bonds. The molecule has 6 heteroatoms. The first-order valence-corrected chi connectivity index (χ1v) is 9.36. The molecular weight excluding hydrogens is 334 g/mol. The highest BCUT2D eigenvalue weighted by Crippen LogP contribution is 2.60. The van der Waals surface area contributed by atoms with E-state index in [0.29, 0.717) is 17.8 Å². The van der Waals surface area contributed by atoms with Crippen molar-refractivity contribution in [1.29, 1.82) is 0 Å². The van der Waals surface area contributed by atoms with Crippen molar-refractivity contribution in [1.82, 2.24) is 0 Å². The molecule has 0 aliphatic heterocycles. The highest BCUT2D eigenvalue weighted by molar-refractivity contribution is 5.92. The molecule has 0 saturated heterocycles. The zero-order valence-electron chi connectivity index (χ0n) is 14.9. The van der Waals surface area contributed by atoms with E-state index in [2.05, 4.69) is 12.1 Å². The van der Waals surface area contributed by atoms with E-state index in [4.69, 9.17) is 9.94 Å². The van der Waals surface area contributed by atoms with Gasteiger partial charge in [-0.25, -0.2) is 4.79 Å². The number of phenolic OH excluding ortho intramolecular Hbond substituents is 2. The van der Waals surface area contributed by atoms with Gasteiger partial charge in [-0.1, -0.05) is 18.1 Å². The van der Waals surface area contributed by atoms with E-state index in [1.54, 1.807) is 6.07 Å². The van der Waals surface area contributed by atoms with Crippen LogP contribution in [0.1, 0.15) is 56.1 Å². The van der Waals surface area contributed by atoms with Gasteiger partial charge in [-0.2, -0.15) is 0 Å². The minimum Gasteiger partial charge on any atom is -0.504 e. The number of benzene rings is 1. The third-order valence-electron chi connectivity index (χ3n) is 6.97. The third-order valence-corrected chi connectivity index (χ3v) is 6.97. The van der Waals surface area contributed by atoms with Gasteiger partial charge >= 0.3 is 5.97 Å². The van der Waals surface area contributed by atoms with Crippen LogP contribution in [0.15, 0.2) is 17.3 Å². The number of carboxylic acid groups (broad SMARTS) is 1. The Morgan fingerprint density at radius 1 is 1.27 bits per heavy atom. The molecule has 2 saturated carbocycles. The van der Waals surface area contributed by atoms with Gasteiger partial charge in [-0.05, 0) is 67.9 Å². The minimum absolute atomic E-state index is 0.0316. The normalized spacial score (nSPS) is 34.0. The molecule has 26 heavy (non-hydrogen) atoms. The quantitative estimate of drug-likeness (QED) is 0.567. The average molecular weight is 359 g/mol. The summed E-state index contributed by atoms with van der Waals surface area (Å²) in [6, 6.07) is 3.58. The Labute approximate surface area is 152 Å². The molecule has 0 radical (unpaired) electrons. The van der Waals surface area contributed by atoms with Crippen molar-refractivity contribution in [3.63, 3.8) is 0 Å². The molecule has 0 heterocycles. The number of hydrogen-bond acceptors (Lipinski definition) is 5. The zero-order chi connectivity index (χ0) is 18.5. The van der Waals surface area contributed by atoms with E-state index in [1.807, 2.05) is 6.07 Å². The molecule has 0 spiro atoms. The maximum absolute atomic E-state index is 10.7. The van der Waals surface area contributed by atoms with Crippen LogP contribution >= 0.6 is 0 Å². The molecule has 0 aromatic heterocycles. The number of phenols is 2. The van der Waals surface area contributed by atoms with Crippen LogP contribution in [0.3, 0.4) is 0 Å². The van der Waals surface area contributed by atoms with Crippen molar-refractivity contribution >= 4 is 11.7 Å². The summed E-state index contributed by atoms with van der Waals surface area (Å²) >= 11 is 0. The van der Waals surface area contributed by atoms with E-state index in [1.165, 1.54) is 5.56 Å². The van der Waals surface area contributed by atoms with E-state index in [0.717, 1.165) is 49.8 Å². The van der Waals surface area contributed by atoms with Crippen molar-refractivity contribution in [2.24, 2.45) is 22.4 Å². The molecule has 4 rings (SSSR count). The second-order valence-electron chi connectivity index (χ2n) is 8.12. The Morgan fingerprint density at radius 3 is 2.85 bits per heavy atom. The molecule has 0 bridgehead atoms. The van der Waals surface area contributed by atoms with E-state index >= 15 is 0 Å². The number of fused-ring (bicyclic) bond motifs is 5. The van der Waals surface area contributed by atoms with Gasteiger partial charge in [-0.3, -0.25) is 0 Å². The van der Waals surface area contributed by atoms with E-state index in [9.17, 15) is 15.0 Å². The maximum Gasteiger partial charge on any atom is 0.344 e. The van der Waals surface area contributed by atoms with Crippen LogP contribution in [0.4, 0.5) is 0 Å². The van der Waals surface area contributed by atoms with Gasteiger partial charge in [0.05, 0.1) is 5.71 Å². The Kier molecular flexibility index (Phi) is 4.09. The summed E-state index contributed by atoms with van der Waals surface area (Å²) in [5.41, 5.74) is 3.06. The summed E-state index contributed by atoms with van der Waals surface area (Å²) in [7, 11) is 0. The lowest BCUT2D eigenvalue weighted by Crippen LogP contribution is -2.42. The monoisotopic (exact) mass is 359 g/mol. The molecule has 3 aliphatic rings. The minimum atomic E-state index is -1.01. The van der Waals surface area contributed by atoms with Gasteiger partial charge in [0.25, 0.3) is 0 Å². The predicted octanol–water partition coefficient (Wildman–Crippen LogP) is 3.41. The fraction of sp³-hybridized carbons (Fsp3) is 0.600. The van der Waals surface area contributed by atoms with Crippen LogP contribution in [-0.2, 0) is 16.1 Å². The lowest BCUT2D eigenvalue weighted by Gasteiger charge is -2.49. The molecule has 1 aromatic rings. The van der Waals surface area contributed by atoms with E-state index in [-0.39, 0.29) is 16.9 Å². The highest BCUT2D eigenvalue weighted by atomic mass is 16.6. The number of hydrogen-bond donors (Lipinski definition) is 3. The first-order chi connectivity index (χ1) is 12.4. The second-order valence-corrected chi connectivity index (χ2v) is 8.12. The summed E-state index contributed by atoms with van der Waals surface area (Å²) in [6.07, 6.45) is 5.68. The molecule has 6 nitrogen and oxygen atoms in total. The number of carboxylic acids is 1. The Balaban J connectivity index is 1.60. The number of aromatic hydroxyl groups is 2. The first-order valence-electron chi connectivity index (χ1n) is 9.36. The van der Waals surface area contributed by atoms with Gasteiger partial charge in [0.1, 0.15) is 0 Å². The molecule has 2 fully saturated rings. The van der Waals surface area contributed by atoms with Crippen LogP contribution in [0.2, 0.25) is 0 Å². The maximum atomic E-state index is 10.7. The van der Waals surface area contributed by atoms with Gasteiger partial charge in [-0.15, -0.1) is 0 Å². The molecule has 0 unspecified atom stereocenters. The fourth-order valence-electron chi connectivity index (χ4n) is 5.74. The summed E-state index contributed by atoms with van der Waals surface area (Å²) < 4.78 is 0. The van der Waals surface area contributed by atoms with Crippen LogP contribution in [0, 0.1) is 17.3 Å². The first kappa shape index (κ1) is 17.2. The largest absolute Gasteiger partial charge is 0.504 e. The second kappa shape index (κ2) is 6.18. The van der Waals surface area contributed by atoms with Crippen LogP contribution < -0.4 is 0 Å². The number of oxime groups is 1. The number of carbonyl (C=O) groups is 1. The highest BCUT2D eigenvalue weighted by Gasteiger charge is 2.54. The summed E-state index contributed by atoms with van der Waals surface area (Å²) in [4.78, 5) is 15.7. The molecular formula is C20H25NO5. The summed E-state index contributed by atoms with van der Waals surface area (Å²) in [6.45, 7) is 1.85. The van der Waals surface area contributed by atoms with Crippen molar-refractivity contribution < 1.29 is 25.0 Å². The van der Waals surface area contributed by atoms with Gasteiger partial charge < -0.3 is 20.2 Å². The SMILES string of the molecule is C[C@]12CC[C@@H]3c4ccc(O)c(O)c4CC[C@H]3[C@@H]1CC/C2=N/OCC(=O)O. The van der Waals surface area contributed by atoms with Gasteiger partial charge in [0.2, 0.25) is 6.61 Å². The number of rotatable bonds is 3. The number of nitrogens with zero attached hydrogens (tertiary/aromatic N) is 1. The third kappa shape index (κ3) is 2.54. The standard InChI is InChI=1S/C20H25NO5/c1-20-9-8-12-11-4-6-16(22)19(25)14(11)3-2-13(12)15(20)5-7-17(20)21-26-10-18(23)24/h4,6,12-13,15,22,25H,2-3,5,7-10H2,1H3,(H,23,24)/b21-17-/t12-,13-,15+,20+/m1/s1. The van der Waals surface area contributed by atoms with E-state index < -0.39 is 12.6 Å². The Bertz CT molecular complexity index is 774. The van der Waals surface area contributed by atoms with Crippen LogP contribution in [-0.4, -0.2) is 33.6 Å². The molecule has 140 valence electrons. The molecule has 1 aromatic carbocycles. The van der Waals surface area contributed by atoms with Crippen LogP contribution in [0.5, 0.6) is 11.5 Å². The lowest BCUT2D eigenvalue weighted by molar-refractivity contribution is -0.142. The van der Waals surface area contributed by atoms with Crippen molar-refractivity contribution in [3.8, 4) is 11.5 Å². The topological polar surface area (TPSA) is 99.4 Å². The van der Waals surface area contributed by atoms with Crippen molar-refractivity contribution in [3.05, 3.63) is 23.3 Å². The Morgan fingerprint density at radius 2 is 2.08 bits per heavy atom. The summed E-state index contributed by atoms with van der Waals surface area (Å²) in [5, 5.41) is 33.0. The fourth-order valence-corrected chi connectivity index (χ4v) is 5.74. The smallest absolute Gasteiger partial charge is 0.344 e. The Hall–Kier alpha value is -2.24. The van der Waals surface area contributed by atoms with Crippen molar-refractivity contribution in [2.45, 2.75) is 51.4 Å². The number of aliphatic carboxylic acids is 1. The lowest BCUT2D eigenvalue weighted by atomic mass is 9.55. The average Bonchev–Trinajstić information content (AvgIpc) is 2.94. The molecule has 3 aliphatic carbocycles. The summed E-state index contributed by atoms with van der Waals surface area (Å²) in [5.74, 6) is 0.431. The van der Waals surface area contributed by atoms with Gasteiger partial charge in [0, 0.05) is 11.0 Å². The van der Waals surface area contributed by atoms with Gasteiger partial charge in [0.15, 0.2) is 11.5 Å². The van der Waals surface area contributed by atoms with Crippen LogP contribution in [0.25, 0.3) is 0 Å². The van der Waals surface area contributed by atoms with Crippen molar-refractivity contribution in [2.75, 3.05) is 6.61 Å². The predicted molar refractivity (Wildman–Crippen MR) is 95.4 cm³/mol. The molecule has 3 N–H and O–H groups in total.